The van der Waals surface area contributed by atoms with Crippen LogP contribution in [0, 0.1) is 0 Å². The molecule has 0 aliphatic carbocycles. The Hall–Kier alpha value is -2.22. The fourth-order valence-corrected chi connectivity index (χ4v) is 4.42. The number of benzene rings is 2. The van der Waals surface area contributed by atoms with Crippen molar-refractivity contribution in [2.24, 2.45) is 0 Å². The second-order valence-corrected chi connectivity index (χ2v) is 8.26. The molecule has 1 fully saturated rings. The smallest absolute Gasteiger partial charge is 0.278 e. The van der Waals surface area contributed by atoms with E-state index >= 15 is 0 Å². The standard InChI is InChI=1S/C18H17ClN2O4S/c19-21(26(22,23)16-4-2-1-3-5-16)15-12-14-6-9-25-18(14)17(13-15)20-7-10-24-11-8-20/h1-6,9,12-13H,7-8,10-11H2. The van der Waals surface area contributed by atoms with Crippen molar-refractivity contribution in [1.82, 2.24) is 0 Å². The highest BCUT2D eigenvalue weighted by Crippen LogP contribution is 2.36. The van der Waals surface area contributed by atoms with E-state index in [0.29, 0.717) is 37.6 Å². The number of furan rings is 1. The van der Waals surface area contributed by atoms with Gasteiger partial charge >= 0.3 is 0 Å². The Morgan fingerprint density at radius 1 is 1.04 bits per heavy atom. The molecule has 1 aromatic heterocycles. The molecule has 0 unspecified atom stereocenters. The van der Waals surface area contributed by atoms with Crippen molar-refractivity contribution in [3.8, 4) is 0 Å². The molecule has 8 heteroatoms. The van der Waals surface area contributed by atoms with E-state index in [-0.39, 0.29) is 4.90 Å². The number of hydrogen-bond donors (Lipinski definition) is 0. The van der Waals surface area contributed by atoms with Crippen LogP contribution in [0.4, 0.5) is 11.4 Å². The summed E-state index contributed by atoms with van der Waals surface area (Å²) < 4.78 is 37.5. The number of rotatable bonds is 4. The number of halogens is 1. The first-order chi connectivity index (χ1) is 12.6. The number of anilines is 2. The van der Waals surface area contributed by atoms with Crippen LogP contribution in [0.5, 0.6) is 0 Å². The highest BCUT2D eigenvalue weighted by molar-refractivity contribution is 7.94. The summed E-state index contributed by atoms with van der Waals surface area (Å²) in [5.74, 6) is 0. The molecule has 3 aromatic rings. The number of hydrogen-bond acceptors (Lipinski definition) is 5. The van der Waals surface area contributed by atoms with E-state index in [2.05, 4.69) is 4.90 Å². The Kier molecular flexibility index (Phi) is 4.52. The topological polar surface area (TPSA) is 63.0 Å². The Morgan fingerprint density at radius 2 is 1.77 bits per heavy atom. The molecule has 1 aliphatic heterocycles. The number of ether oxygens (including phenoxy) is 1. The van der Waals surface area contributed by atoms with Gasteiger partial charge in [0.25, 0.3) is 10.0 Å². The molecule has 136 valence electrons. The summed E-state index contributed by atoms with van der Waals surface area (Å²) in [6.07, 6.45) is 1.59. The molecule has 2 aromatic carbocycles. The molecule has 0 atom stereocenters. The van der Waals surface area contributed by atoms with E-state index < -0.39 is 10.0 Å². The molecule has 0 amide bonds. The zero-order chi connectivity index (χ0) is 18.1. The van der Waals surface area contributed by atoms with Gasteiger partial charge in [0, 0.05) is 30.3 Å². The number of morpholine rings is 1. The summed E-state index contributed by atoms with van der Waals surface area (Å²) in [5.41, 5.74) is 1.88. The lowest BCUT2D eigenvalue weighted by atomic mass is 10.2. The van der Waals surface area contributed by atoms with Crippen LogP contribution in [-0.2, 0) is 14.8 Å². The molecule has 0 N–H and O–H groups in total. The van der Waals surface area contributed by atoms with E-state index in [0.717, 1.165) is 14.9 Å². The second kappa shape index (κ2) is 6.83. The van der Waals surface area contributed by atoms with Gasteiger partial charge in [0.15, 0.2) is 5.58 Å². The molecule has 0 radical (unpaired) electrons. The summed E-state index contributed by atoms with van der Waals surface area (Å²) in [4.78, 5) is 2.24. The molecule has 6 nitrogen and oxygen atoms in total. The third kappa shape index (κ3) is 3.02. The van der Waals surface area contributed by atoms with Gasteiger partial charge in [-0.1, -0.05) is 18.2 Å². The maximum atomic E-state index is 12.8. The second-order valence-electron chi connectivity index (χ2n) is 5.94. The summed E-state index contributed by atoms with van der Waals surface area (Å²) in [6, 6.07) is 13.4. The first kappa shape index (κ1) is 17.2. The molecular formula is C18H17ClN2O4S. The van der Waals surface area contributed by atoms with Crippen LogP contribution in [0.15, 0.2) is 64.1 Å². The number of nitrogens with zero attached hydrogens (tertiary/aromatic N) is 2. The zero-order valence-electron chi connectivity index (χ0n) is 13.8. The van der Waals surface area contributed by atoms with Crippen LogP contribution in [0.3, 0.4) is 0 Å². The third-order valence-corrected chi connectivity index (χ3v) is 6.56. The quantitative estimate of drug-likeness (QED) is 0.634. The van der Waals surface area contributed by atoms with E-state index in [1.165, 1.54) is 12.1 Å². The first-order valence-electron chi connectivity index (χ1n) is 8.17. The molecular weight excluding hydrogens is 376 g/mol. The predicted molar refractivity (Wildman–Crippen MR) is 101 cm³/mol. The monoisotopic (exact) mass is 392 g/mol. The molecule has 1 saturated heterocycles. The lowest BCUT2D eigenvalue weighted by Gasteiger charge is -2.29. The van der Waals surface area contributed by atoms with Crippen LogP contribution in [-0.4, -0.2) is 34.7 Å². The fraction of sp³-hybridized carbons (Fsp3) is 0.222. The maximum absolute atomic E-state index is 12.8. The predicted octanol–water partition coefficient (Wildman–Crippen LogP) is 3.62. The van der Waals surface area contributed by atoms with Gasteiger partial charge in [-0.2, -0.15) is 12.2 Å². The summed E-state index contributed by atoms with van der Waals surface area (Å²) in [7, 11) is -3.87. The van der Waals surface area contributed by atoms with Crippen molar-refractivity contribution in [3.05, 3.63) is 54.8 Å². The van der Waals surface area contributed by atoms with Crippen LogP contribution in [0.1, 0.15) is 0 Å². The minimum absolute atomic E-state index is 0.134. The Balaban J connectivity index is 1.79. The summed E-state index contributed by atoms with van der Waals surface area (Å²) in [6.45, 7) is 2.62. The Bertz CT molecular complexity index is 1010. The van der Waals surface area contributed by atoms with Gasteiger partial charge in [-0.25, -0.2) is 0 Å². The van der Waals surface area contributed by atoms with Crippen molar-refractivity contribution in [3.63, 3.8) is 0 Å². The van der Waals surface area contributed by atoms with Crippen molar-refractivity contribution in [2.75, 3.05) is 35.0 Å². The van der Waals surface area contributed by atoms with Crippen LogP contribution >= 0.6 is 11.8 Å². The van der Waals surface area contributed by atoms with E-state index in [4.69, 9.17) is 20.9 Å². The lowest BCUT2D eigenvalue weighted by molar-refractivity contribution is 0.123. The molecule has 4 rings (SSSR count). The van der Waals surface area contributed by atoms with Crippen molar-refractivity contribution < 1.29 is 17.6 Å². The van der Waals surface area contributed by atoms with Crippen LogP contribution in [0.25, 0.3) is 11.0 Å². The molecule has 26 heavy (non-hydrogen) atoms. The largest absolute Gasteiger partial charge is 0.462 e. The summed E-state index contributed by atoms with van der Waals surface area (Å²) >= 11 is 6.28. The van der Waals surface area contributed by atoms with Gasteiger partial charge in [0.1, 0.15) is 0 Å². The molecule has 0 spiro atoms. The van der Waals surface area contributed by atoms with E-state index in [1.807, 2.05) is 0 Å². The van der Waals surface area contributed by atoms with Gasteiger partial charge in [-0.15, -0.1) is 0 Å². The highest BCUT2D eigenvalue weighted by Gasteiger charge is 2.26. The van der Waals surface area contributed by atoms with Gasteiger partial charge in [0.05, 0.1) is 35.7 Å². The minimum Gasteiger partial charge on any atom is -0.462 e. The van der Waals surface area contributed by atoms with Gasteiger partial charge in [0.2, 0.25) is 0 Å². The highest BCUT2D eigenvalue weighted by atomic mass is 35.5. The zero-order valence-corrected chi connectivity index (χ0v) is 15.4. The molecule has 0 bridgehead atoms. The van der Waals surface area contributed by atoms with E-state index in [9.17, 15) is 8.42 Å². The van der Waals surface area contributed by atoms with Crippen LogP contribution < -0.4 is 8.72 Å². The molecule has 1 aliphatic rings. The van der Waals surface area contributed by atoms with Crippen molar-refractivity contribution in [2.45, 2.75) is 4.90 Å². The number of sulfonamides is 1. The fourth-order valence-electron chi connectivity index (χ4n) is 3.01. The first-order valence-corrected chi connectivity index (χ1v) is 9.95. The summed E-state index contributed by atoms with van der Waals surface area (Å²) in [5, 5.41) is 0.790. The Morgan fingerprint density at radius 3 is 2.50 bits per heavy atom. The molecule has 2 heterocycles. The maximum Gasteiger partial charge on any atom is 0.278 e. The number of fused-ring (bicyclic) bond motifs is 1. The third-order valence-electron chi connectivity index (χ3n) is 4.32. The normalized spacial score (nSPS) is 15.3. The van der Waals surface area contributed by atoms with Gasteiger partial charge < -0.3 is 14.1 Å². The Labute approximate surface area is 156 Å². The van der Waals surface area contributed by atoms with Gasteiger partial charge in [-0.3, -0.25) is 0 Å². The van der Waals surface area contributed by atoms with Crippen molar-refractivity contribution in [1.29, 1.82) is 0 Å². The van der Waals surface area contributed by atoms with Gasteiger partial charge in [-0.05, 0) is 30.3 Å². The van der Waals surface area contributed by atoms with E-state index in [1.54, 1.807) is 42.7 Å². The average Bonchev–Trinajstić information content (AvgIpc) is 3.16. The SMILES string of the molecule is O=S(=O)(c1ccccc1)N(Cl)c1cc(N2CCOCC2)c2occc2c1. The average molecular weight is 393 g/mol. The minimum atomic E-state index is -3.87. The van der Waals surface area contributed by atoms with Crippen molar-refractivity contribution >= 4 is 44.1 Å². The van der Waals surface area contributed by atoms with Crippen LogP contribution in [0.2, 0.25) is 0 Å². The lowest BCUT2D eigenvalue weighted by Crippen LogP contribution is -2.36. The molecule has 0 saturated carbocycles.